The van der Waals surface area contributed by atoms with Gasteiger partial charge in [-0.15, -0.1) is 0 Å². The molecule has 0 radical (unpaired) electrons. The van der Waals surface area contributed by atoms with Gasteiger partial charge in [0.25, 0.3) is 0 Å². The van der Waals surface area contributed by atoms with Crippen LogP contribution in [0.4, 0.5) is 10.5 Å². The fourth-order valence-corrected chi connectivity index (χ4v) is 2.57. The smallest absolute Gasteiger partial charge is 0.321 e. The van der Waals surface area contributed by atoms with Gasteiger partial charge in [-0.3, -0.25) is 9.97 Å². The first kappa shape index (κ1) is 16.6. The Morgan fingerprint density at radius 3 is 2.52 bits per heavy atom. The molecule has 5 heteroatoms. The van der Waals surface area contributed by atoms with Crippen molar-refractivity contribution in [2.24, 2.45) is 0 Å². The summed E-state index contributed by atoms with van der Waals surface area (Å²) in [6, 6.07) is 15.5. The van der Waals surface area contributed by atoms with E-state index in [0.717, 1.165) is 16.7 Å². The van der Waals surface area contributed by atoms with Gasteiger partial charge < -0.3 is 10.2 Å². The Bertz CT molecular complexity index is 837. The summed E-state index contributed by atoms with van der Waals surface area (Å²) in [6.07, 6.45) is 6.85. The van der Waals surface area contributed by atoms with Crippen molar-refractivity contribution < 1.29 is 4.79 Å². The van der Waals surface area contributed by atoms with Crippen molar-refractivity contribution in [1.29, 1.82) is 0 Å². The third-order valence-electron chi connectivity index (χ3n) is 4.20. The first-order valence-electron chi connectivity index (χ1n) is 8.09. The van der Waals surface area contributed by atoms with Gasteiger partial charge >= 0.3 is 6.03 Å². The van der Waals surface area contributed by atoms with Crippen LogP contribution in [0.15, 0.2) is 73.3 Å². The molecule has 126 valence electrons. The summed E-state index contributed by atoms with van der Waals surface area (Å²) in [7, 11) is 1.79. The topological polar surface area (TPSA) is 58.1 Å². The molecular formula is C20H20N4O. The number of anilines is 1. The number of nitrogens with zero attached hydrogens (tertiary/aromatic N) is 3. The molecule has 0 saturated carbocycles. The molecule has 2 aromatic heterocycles. The molecule has 1 atom stereocenters. The minimum Gasteiger partial charge on any atom is -0.321 e. The molecule has 1 aromatic carbocycles. The van der Waals surface area contributed by atoms with Crippen LogP contribution in [0.2, 0.25) is 0 Å². The average Bonchev–Trinajstić information content (AvgIpc) is 2.68. The van der Waals surface area contributed by atoms with Crippen LogP contribution in [0.3, 0.4) is 0 Å². The van der Waals surface area contributed by atoms with E-state index in [2.05, 4.69) is 27.4 Å². The number of rotatable bonds is 4. The van der Waals surface area contributed by atoms with E-state index in [4.69, 9.17) is 0 Å². The molecule has 0 spiro atoms. The zero-order valence-electron chi connectivity index (χ0n) is 14.3. The van der Waals surface area contributed by atoms with Crippen LogP contribution in [0.1, 0.15) is 18.5 Å². The van der Waals surface area contributed by atoms with E-state index in [-0.39, 0.29) is 12.1 Å². The molecule has 3 rings (SSSR count). The number of carbonyl (C=O) groups is 1. The Balaban J connectivity index is 1.76. The van der Waals surface area contributed by atoms with E-state index in [1.54, 1.807) is 42.8 Å². The second-order valence-corrected chi connectivity index (χ2v) is 5.82. The summed E-state index contributed by atoms with van der Waals surface area (Å²) >= 11 is 0. The summed E-state index contributed by atoms with van der Waals surface area (Å²) < 4.78 is 0. The Morgan fingerprint density at radius 2 is 1.80 bits per heavy atom. The lowest BCUT2D eigenvalue weighted by atomic mass is 10.0. The summed E-state index contributed by atoms with van der Waals surface area (Å²) in [6.45, 7) is 2.01. The maximum atomic E-state index is 12.5. The first-order valence-corrected chi connectivity index (χ1v) is 8.09. The van der Waals surface area contributed by atoms with Crippen molar-refractivity contribution in [2.45, 2.75) is 13.0 Å². The average molecular weight is 332 g/mol. The maximum absolute atomic E-state index is 12.5. The van der Waals surface area contributed by atoms with Crippen molar-refractivity contribution in [3.05, 3.63) is 78.9 Å². The van der Waals surface area contributed by atoms with E-state index < -0.39 is 0 Å². The molecule has 25 heavy (non-hydrogen) atoms. The van der Waals surface area contributed by atoms with Gasteiger partial charge in [-0.1, -0.05) is 18.2 Å². The van der Waals surface area contributed by atoms with Crippen LogP contribution in [0.5, 0.6) is 0 Å². The van der Waals surface area contributed by atoms with E-state index in [9.17, 15) is 4.79 Å². The Hall–Kier alpha value is -3.21. The fraction of sp³-hybridized carbons (Fsp3) is 0.150. The molecule has 0 bridgehead atoms. The van der Waals surface area contributed by atoms with Crippen molar-refractivity contribution >= 4 is 11.7 Å². The molecule has 2 amide bonds. The quantitative estimate of drug-likeness (QED) is 0.772. The lowest BCUT2D eigenvalue weighted by molar-refractivity contribution is 0.208. The number of hydrogen-bond donors (Lipinski definition) is 1. The Kier molecular flexibility index (Phi) is 5.04. The number of benzene rings is 1. The third-order valence-corrected chi connectivity index (χ3v) is 4.20. The highest BCUT2D eigenvalue weighted by Gasteiger charge is 2.18. The van der Waals surface area contributed by atoms with Gasteiger partial charge in [0.05, 0.1) is 17.9 Å². The van der Waals surface area contributed by atoms with Crippen LogP contribution < -0.4 is 5.32 Å². The lowest BCUT2D eigenvalue weighted by Gasteiger charge is -2.26. The zero-order valence-corrected chi connectivity index (χ0v) is 14.3. The first-order chi connectivity index (χ1) is 12.1. The van der Waals surface area contributed by atoms with Crippen molar-refractivity contribution in [3.8, 4) is 11.1 Å². The SMILES string of the molecule is C[C@@H](c1cccc(-c2ccncc2)c1)N(C)C(=O)Nc1cccnc1. The highest BCUT2D eigenvalue weighted by molar-refractivity contribution is 5.89. The molecule has 1 N–H and O–H groups in total. The second kappa shape index (κ2) is 7.57. The van der Waals surface area contributed by atoms with Crippen LogP contribution >= 0.6 is 0 Å². The summed E-state index contributed by atoms with van der Waals surface area (Å²) in [5.41, 5.74) is 3.95. The maximum Gasteiger partial charge on any atom is 0.322 e. The van der Waals surface area contributed by atoms with Crippen molar-refractivity contribution in [2.75, 3.05) is 12.4 Å². The van der Waals surface area contributed by atoms with E-state index in [1.165, 1.54) is 0 Å². The molecule has 5 nitrogen and oxygen atoms in total. The van der Waals surface area contributed by atoms with Gasteiger partial charge in [0.2, 0.25) is 0 Å². The zero-order chi connectivity index (χ0) is 17.6. The number of pyridine rings is 2. The van der Waals surface area contributed by atoms with Gasteiger partial charge in [-0.05, 0) is 53.9 Å². The minimum atomic E-state index is -0.171. The number of nitrogens with one attached hydrogen (secondary N) is 1. The highest BCUT2D eigenvalue weighted by Crippen LogP contribution is 2.25. The summed E-state index contributed by atoms with van der Waals surface area (Å²) in [5, 5.41) is 2.85. The molecule has 0 saturated heterocycles. The monoisotopic (exact) mass is 332 g/mol. The number of urea groups is 1. The number of amides is 2. The fourth-order valence-electron chi connectivity index (χ4n) is 2.57. The van der Waals surface area contributed by atoms with Crippen LogP contribution in [-0.4, -0.2) is 27.9 Å². The molecule has 0 fully saturated rings. The minimum absolute atomic E-state index is 0.0709. The summed E-state index contributed by atoms with van der Waals surface area (Å²) in [4.78, 5) is 22.2. The standard InChI is InChI=1S/C20H20N4O/c1-15(24(2)20(25)23-19-7-4-10-22-14-19)17-5-3-6-18(13-17)16-8-11-21-12-9-16/h3-15H,1-2H3,(H,23,25)/t15-/m0/s1. The molecule has 2 heterocycles. The summed E-state index contributed by atoms with van der Waals surface area (Å²) in [5.74, 6) is 0. The molecule has 0 unspecified atom stereocenters. The number of aromatic nitrogens is 2. The number of carbonyl (C=O) groups excluding carboxylic acids is 1. The van der Waals surface area contributed by atoms with Gasteiger partial charge in [-0.25, -0.2) is 4.79 Å². The van der Waals surface area contributed by atoms with E-state index >= 15 is 0 Å². The van der Waals surface area contributed by atoms with Crippen molar-refractivity contribution in [1.82, 2.24) is 14.9 Å². The molecule has 0 aliphatic carbocycles. The predicted molar refractivity (Wildman–Crippen MR) is 99.1 cm³/mol. The molecular weight excluding hydrogens is 312 g/mol. The molecule has 3 aromatic rings. The largest absolute Gasteiger partial charge is 0.322 e. The Morgan fingerprint density at radius 1 is 1.00 bits per heavy atom. The molecule has 0 aliphatic heterocycles. The van der Waals surface area contributed by atoms with E-state index in [1.807, 2.05) is 37.3 Å². The van der Waals surface area contributed by atoms with Crippen LogP contribution in [0.25, 0.3) is 11.1 Å². The predicted octanol–water partition coefficient (Wildman–Crippen LogP) is 4.37. The van der Waals surface area contributed by atoms with Crippen LogP contribution in [0, 0.1) is 0 Å². The Labute approximate surface area is 147 Å². The van der Waals surface area contributed by atoms with Gasteiger partial charge in [0.1, 0.15) is 0 Å². The lowest BCUT2D eigenvalue weighted by Crippen LogP contribution is -2.33. The van der Waals surface area contributed by atoms with Gasteiger partial charge in [0, 0.05) is 25.6 Å². The van der Waals surface area contributed by atoms with Crippen molar-refractivity contribution in [3.63, 3.8) is 0 Å². The number of hydrogen-bond acceptors (Lipinski definition) is 3. The van der Waals surface area contributed by atoms with Gasteiger partial charge in [0.15, 0.2) is 0 Å². The molecule has 0 aliphatic rings. The third kappa shape index (κ3) is 4.01. The second-order valence-electron chi connectivity index (χ2n) is 5.82. The highest BCUT2D eigenvalue weighted by atomic mass is 16.2. The van der Waals surface area contributed by atoms with Gasteiger partial charge in [-0.2, -0.15) is 0 Å². The van der Waals surface area contributed by atoms with E-state index in [0.29, 0.717) is 5.69 Å². The normalized spacial score (nSPS) is 11.6. The van der Waals surface area contributed by atoms with Crippen LogP contribution in [-0.2, 0) is 0 Å².